The highest BCUT2D eigenvalue weighted by Gasteiger charge is 2.28. The van der Waals surface area contributed by atoms with E-state index >= 15 is 0 Å². The molecule has 6 heavy (non-hydrogen) atoms. The van der Waals surface area contributed by atoms with Gasteiger partial charge in [0.25, 0.3) is 0 Å². The Kier molecular flexibility index (Phi) is 1.42. The van der Waals surface area contributed by atoms with Crippen LogP contribution in [-0.2, 0) is 0 Å². The highest BCUT2D eigenvalue weighted by molar-refractivity contribution is 7.12. The van der Waals surface area contributed by atoms with Gasteiger partial charge in [-0.1, -0.05) is 0 Å². The summed E-state index contributed by atoms with van der Waals surface area (Å²) in [4.78, 5) is 0. The lowest BCUT2D eigenvalue weighted by Crippen LogP contribution is -2.30. The van der Waals surface area contributed by atoms with Crippen LogP contribution in [0.25, 0.3) is 0 Å². The van der Waals surface area contributed by atoms with Crippen molar-refractivity contribution in [3.8, 4) is 0 Å². The van der Waals surface area contributed by atoms with E-state index in [1.54, 1.807) is 0 Å². The lowest BCUT2D eigenvalue weighted by atomic mass is 10.5. The van der Waals surface area contributed by atoms with Crippen LogP contribution >= 0.6 is 22.7 Å². The molecule has 0 saturated carbocycles. The molecule has 0 aromatic carbocycles. The maximum atomic E-state index is 5.71. The van der Waals surface area contributed by atoms with Crippen molar-refractivity contribution in [3.63, 3.8) is 0 Å². The number of alkyl halides is 1. The number of hydrogen-bond acceptors (Lipinski definition) is 0. The van der Waals surface area contributed by atoms with Gasteiger partial charge in [-0.25, -0.2) is 0 Å². The smallest absolute Gasteiger partial charge is 0.158 e. The largest absolute Gasteiger partial charge is 0.170 e. The monoisotopic (exact) mass is 140 g/mol. The molecule has 0 amide bonds. The van der Waals surface area contributed by atoms with Gasteiger partial charge in [0.1, 0.15) is 0 Å². The fraction of sp³-hybridized carbons (Fsp3) is 1.00. The second-order valence-electron chi connectivity index (χ2n) is 1.61. The first-order valence-electron chi connectivity index (χ1n) is 2.09. The first-order valence-corrected chi connectivity index (χ1v) is 5.75. The van der Waals surface area contributed by atoms with E-state index in [0.29, 0.717) is 5.00 Å². The Morgan fingerprint density at radius 2 is 2.17 bits per heavy atom. The SMILES string of the molecule is ClC1CC[SiH]1Cl. The zero-order valence-electron chi connectivity index (χ0n) is 3.32. The number of hydrogen-bond donors (Lipinski definition) is 0. The van der Waals surface area contributed by atoms with Gasteiger partial charge in [-0.15, -0.1) is 11.6 Å². The molecule has 0 aliphatic carbocycles. The van der Waals surface area contributed by atoms with E-state index in [-0.39, 0.29) is 0 Å². The Morgan fingerprint density at radius 3 is 2.17 bits per heavy atom. The Bertz CT molecular complexity index is 48.8. The third kappa shape index (κ3) is 0.721. The minimum absolute atomic E-state index is 0.409. The van der Waals surface area contributed by atoms with Crippen LogP contribution in [0.15, 0.2) is 0 Å². The summed E-state index contributed by atoms with van der Waals surface area (Å²) >= 11 is 11.3. The predicted molar refractivity (Wildman–Crippen MR) is 32.1 cm³/mol. The molecule has 0 radical (unpaired) electrons. The van der Waals surface area contributed by atoms with Gasteiger partial charge in [-0.3, -0.25) is 0 Å². The second kappa shape index (κ2) is 1.72. The van der Waals surface area contributed by atoms with E-state index in [1.165, 1.54) is 12.5 Å². The fourth-order valence-electron chi connectivity index (χ4n) is 0.419. The zero-order valence-corrected chi connectivity index (χ0v) is 5.99. The topological polar surface area (TPSA) is 0 Å². The second-order valence-corrected chi connectivity index (χ2v) is 6.69. The molecule has 1 heterocycles. The Balaban J connectivity index is 2.20. The molecule has 2 atom stereocenters. The van der Waals surface area contributed by atoms with Gasteiger partial charge < -0.3 is 0 Å². The highest BCUT2D eigenvalue weighted by Crippen LogP contribution is 2.27. The van der Waals surface area contributed by atoms with Crippen LogP contribution in [0.4, 0.5) is 0 Å². The summed E-state index contributed by atoms with van der Waals surface area (Å²) in [5.74, 6) is 0. The van der Waals surface area contributed by atoms with Crippen molar-refractivity contribution in [2.45, 2.75) is 17.5 Å². The first-order chi connectivity index (χ1) is 2.80. The van der Waals surface area contributed by atoms with Crippen LogP contribution in [0.2, 0.25) is 6.04 Å². The van der Waals surface area contributed by atoms with Crippen molar-refractivity contribution in [1.82, 2.24) is 0 Å². The summed E-state index contributed by atoms with van der Waals surface area (Å²) in [6.45, 7) is 0. The van der Waals surface area contributed by atoms with E-state index < -0.39 is 8.11 Å². The van der Waals surface area contributed by atoms with Gasteiger partial charge in [-0.05, 0) is 12.5 Å². The summed E-state index contributed by atoms with van der Waals surface area (Å²) in [5, 5.41) is 0.409. The molecule has 1 aliphatic rings. The quantitative estimate of drug-likeness (QED) is 0.272. The molecule has 3 heteroatoms. The highest BCUT2D eigenvalue weighted by atomic mass is 35.6. The van der Waals surface area contributed by atoms with E-state index in [2.05, 4.69) is 0 Å². The molecule has 0 aromatic heterocycles. The van der Waals surface area contributed by atoms with Crippen LogP contribution in [-0.4, -0.2) is 13.1 Å². The molecule has 0 spiro atoms. The molecular formula is C3H6Cl2Si. The van der Waals surface area contributed by atoms with Gasteiger partial charge in [-0.2, -0.15) is 11.1 Å². The van der Waals surface area contributed by atoms with Crippen LogP contribution in [0, 0.1) is 0 Å². The van der Waals surface area contributed by atoms with Crippen LogP contribution < -0.4 is 0 Å². The van der Waals surface area contributed by atoms with Gasteiger partial charge in [0, 0.05) is 5.00 Å². The van der Waals surface area contributed by atoms with E-state index in [4.69, 9.17) is 22.7 Å². The average molecular weight is 141 g/mol. The first kappa shape index (κ1) is 4.94. The van der Waals surface area contributed by atoms with Crippen molar-refractivity contribution in [1.29, 1.82) is 0 Å². The maximum Gasteiger partial charge on any atom is 0.158 e. The van der Waals surface area contributed by atoms with Gasteiger partial charge >= 0.3 is 0 Å². The molecule has 0 N–H and O–H groups in total. The lowest BCUT2D eigenvalue weighted by molar-refractivity contribution is 0.916. The number of rotatable bonds is 0. The standard InChI is InChI=1S/C3H6Cl2Si/c4-3-1-2-6(3)5/h3,6H,1-2H2. The lowest BCUT2D eigenvalue weighted by Gasteiger charge is -2.23. The summed E-state index contributed by atoms with van der Waals surface area (Å²) in [7, 11) is -0.826. The van der Waals surface area contributed by atoms with Gasteiger partial charge in [0.15, 0.2) is 8.11 Å². The van der Waals surface area contributed by atoms with Gasteiger partial charge in [0.2, 0.25) is 0 Å². The van der Waals surface area contributed by atoms with Crippen molar-refractivity contribution in [2.75, 3.05) is 0 Å². The van der Waals surface area contributed by atoms with Gasteiger partial charge in [0.05, 0.1) is 0 Å². The molecular weight excluding hydrogens is 135 g/mol. The average Bonchev–Trinajstić information content (AvgIpc) is 1.61. The predicted octanol–water partition coefficient (Wildman–Crippen LogP) is 1.50. The Hall–Kier alpha value is 0.797. The molecule has 2 unspecified atom stereocenters. The molecule has 0 nitrogen and oxygen atoms in total. The molecule has 36 valence electrons. The molecule has 1 fully saturated rings. The third-order valence-electron chi connectivity index (χ3n) is 1.11. The van der Waals surface area contributed by atoms with Crippen LogP contribution in [0.3, 0.4) is 0 Å². The van der Waals surface area contributed by atoms with E-state index in [9.17, 15) is 0 Å². The zero-order chi connectivity index (χ0) is 4.57. The molecule has 0 aromatic rings. The van der Waals surface area contributed by atoms with Crippen molar-refractivity contribution >= 4 is 30.8 Å². The third-order valence-corrected chi connectivity index (χ3v) is 6.20. The van der Waals surface area contributed by atoms with Crippen molar-refractivity contribution in [3.05, 3.63) is 0 Å². The molecule has 1 rings (SSSR count). The van der Waals surface area contributed by atoms with Crippen LogP contribution in [0.1, 0.15) is 6.42 Å². The fourth-order valence-corrected chi connectivity index (χ4v) is 2.77. The van der Waals surface area contributed by atoms with Crippen molar-refractivity contribution in [2.24, 2.45) is 0 Å². The molecule has 1 aliphatic heterocycles. The summed E-state index contributed by atoms with van der Waals surface area (Å²) in [6, 6.07) is 1.25. The molecule has 1 saturated heterocycles. The van der Waals surface area contributed by atoms with Crippen molar-refractivity contribution < 1.29 is 0 Å². The Morgan fingerprint density at radius 1 is 1.67 bits per heavy atom. The summed E-state index contributed by atoms with van der Waals surface area (Å²) in [5.41, 5.74) is 0. The summed E-state index contributed by atoms with van der Waals surface area (Å²) < 4.78 is 0. The summed E-state index contributed by atoms with van der Waals surface area (Å²) in [6.07, 6.45) is 1.17. The molecule has 0 bridgehead atoms. The van der Waals surface area contributed by atoms with E-state index in [1.807, 2.05) is 0 Å². The van der Waals surface area contributed by atoms with Crippen LogP contribution in [0.5, 0.6) is 0 Å². The minimum atomic E-state index is -0.826. The number of halogens is 2. The maximum absolute atomic E-state index is 5.71. The Labute approximate surface area is 48.8 Å². The van der Waals surface area contributed by atoms with E-state index in [0.717, 1.165) is 0 Å². The normalized spacial score (nSPS) is 45.0. The minimum Gasteiger partial charge on any atom is -0.170 e.